The normalized spacial score (nSPS) is 42.1. The molecule has 1 aromatic rings. The molecule has 20 heavy (non-hydrogen) atoms. The lowest BCUT2D eigenvalue weighted by Gasteiger charge is -2.61. The predicted molar refractivity (Wildman–Crippen MR) is 82.5 cm³/mol. The molecule has 4 bridgehead atoms. The van der Waals surface area contributed by atoms with Crippen LogP contribution in [0, 0.1) is 31.1 Å². The Bertz CT molecular complexity index is 531. The summed E-state index contributed by atoms with van der Waals surface area (Å²) in [5.41, 5.74) is 9.97. The van der Waals surface area contributed by atoms with E-state index in [0.717, 1.165) is 18.4 Å². The highest BCUT2D eigenvalue weighted by atomic mass is 14.7. The summed E-state index contributed by atoms with van der Waals surface area (Å²) in [5, 5.41) is 0. The van der Waals surface area contributed by atoms with Crippen molar-refractivity contribution in [2.75, 3.05) is 6.54 Å². The molecule has 4 atom stereocenters. The van der Waals surface area contributed by atoms with Crippen LogP contribution in [-0.4, -0.2) is 6.54 Å². The van der Waals surface area contributed by atoms with E-state index in [4.69, 9.17) is 0 Å². The van der Waals surface area contributed by atoms with E-state index in [1.807, 2.05) is 0 Å². The molecule has 0 radical (unpaired) electrons. The molecule has 2 unspecified atom stereocenters. The maximum atomic E-state index is 4.33. The quantitative estimate of drug-likeness (QED) is 0.853. The van der Waals surface area contributed by atoms with Gasteiger partial charge in [0, 0.05) is 5.41 Å². The summed E-state index contributed by atoms with van der Waals surface area (Å²) in [4.78, 5) is 0. The predicted octanol–water partition coefficient (Wildman–Crippen LogP) is 3.38. The summed E-state index contributed by atoms with van der Waals surface area (Å²) in [5.74, 6) is 1.97. The molecule has 0 aliphatic heterocycles. The first kappa shape index (κ1) is 12.9. The van der Waals surface area contributed by atoms with Gasteiger partial charge in [-0.05, 0) is 86.3 Å². The van der Waals surface area contributed by atoms with E-state index in [1.165, 1.54) is 49.7 Å². The SMILES string of the molecule is Cc1ccc(C23C[C@@H]4C[C@@H](CC(C[NH3+])(C4)C2)C3)cc1C. The van der Waals surface area contributed by atoms with E-state index in [-0.39, 0.29) is 0 Å². The van der Waals surface area contributed by atoms with Gasteiger partial charge in [-0.3, -0.25) is 0 Å². The second-order valence-electron chi connectivity index (χ2n) is 8.29. The fourth-order valence-corrected chi connectivity index (χ4v) is 6.15. The molecular formula is C19H28N+. The smallest absolute Gasteiger partial charge is 0.0797 e. The van der Waals surface area contributed by atoms with Gasteiger partial charge in [-0.2, -0.15) is 0 Å². The number of hydrogen-bond acceptors (Lipinski definition) is 0. The van der Waals surface area contributed by atoms with Crippen LogP contribution in [0.15, 0.2) is 18.2 Å². The molecule has 4 saturated carbocycles. The van der Waals surface area contributed by atoms with E-state index >= 15 is 0 Å². The van der Waals surface area contributed by atoms with Crippen LogP contribution in [0.25, 0.3) is 0 Å². The van der Waals surface area contributed by atoms with E-state index < -0.39 is 0 Å². The Morgan fingerprint density at radius 1 is 1.05 bits per heavy atom. The number of benzene rings is 1. The first-order chi connectivity index (χ1) is 9.54. The summed E-state index contributed by atoms with van der Waals surface area (Å²) in [6.45, 7) is 5.67. The average Bonchev–Trinajstić information content (AvgIpc) is 2.40. The molecule has 0 spiro atoms. The summed E-state index contributed by atoms with van der Waals surface area (Å²) in [6.07, 6.45) is 8.77. The van der Waals surface area contributed by atoms with E-state index in [9.17, 15) is 0 Å². The van der Waals surface area contributed by atoms with Crippen LogP contribution < -0.4 is 5.73 Å². The Balaban J connectivity index is 1.78. The molecule has 3 N–H and O–H groups in total. The number of aryl methyl sites for hydroxylation is 2. The van der Waals surface area contributed by atoms with Gasteiger partial charge in [-0.1, -0.05) is 18.2 Å². The van der Waals surface area contributed by atoms with Crippen molar-refractivity contribution in [3.63, 3.8) is 0 Å². The molecule has 0 amide bonds. The van der Waals surface area contributed by atoms with Crippen LogP contribution in [-0.2, 0) is 5.41 Å². The third kappa shape index (κ3) is 1.72. The highest BCUT2D eigenvalue weighted by molar-refractivity contribution is 5.37. The van der Waals surface area contributed by atoms with Gasteiger partial charge in [-0.25, -0.2) is 0 Å². The van der Waals surface area contributed by atoms with Crippen LogP contribution in [0.5, 0.6) is 0 Å². The molecule has 4 aliphatic carbocycles. The Morgan fingerprint density at radius 3 is 2.35 bits per heavy atom. The van der Waals surface area contributed by atoms with Crippen molar-refractivity contribution in [2.45, 2.75) is 57.8 Å². The van der Waals surface area contributed by atoms with Crippen molar-refractivity contribution in [2.24, 2.45) is 17.3 Å². The lowest BCUT2D eigenvalue weighted by molar-refractivity contribution is -0.403. The first-order valence-corrected chi connectivity index (χ1v) is 8.41. The number of quaternary nitrogens is 1. The van der Waals surface area contributed by atoms with Crippen LogP contribution in [0.4, 0.5) is 0 Å². The minimum Gasteiger partial charge on any atom is -0.357 e. The minimum atomic E-state index is 0.500. The van der Waals surface area contributed by atoms with Gasteiger partial charge in [0.25, 0.3) is 0 Å². The summed E-state index contributed by atoms with van der Waals surface area (Å²) in [6, 6.07) is 7.28. The van der Waals surface area contributed by atoms with Gasteiger partial charge in [0.2, 0.25) is 0 Å². The summed E-state index contributed by atoms with van der Waals surface area (Å²) >= 11 is 0. The molecule has 108 valence electrons. The van der Waals surface area contributed by atoms with Gasteiger partial charge in [-0.15, -0.1) is 0 Å². The highest BCUT2D eigenvalue weighted by Crippen LogP contribution is 2.65. The summed E-state index contributed by atoms with van der Waals surface area (Å²) < 4.78 is 0. The van der Waals surface area contributed by atoms with Crippen molar-refractivity contribution in [3.8, 4) is 0 Å². The maximum Gasteiger partial charge on any atom is 0.0797 e. The number of hydrogen-bond donors (Lipinski definition) is 1. The number of rotatable bonds is 2. The largest absolute Gasteiger partial charge is 0.357 e. The molecule has 1 nitrogen and oxygen atoms in total. The summed E-state index contributed by atoms with van der Waals surface area (Å²) in [7, 11) is 0. The highest BCUT2D eigenvalue weighted by Gasteiger charge is 2.58. The Hall–Kier alpha value is -0.820. The fourth-order valence-electron chi connectivity index (χ4n) is 6.15. The molecule has 0 saturated heterocycles. The topological polar surface area (TPSA) is 27.6 Å². The molecule has 4 fully saturated rings. The Morgan fingerprint density at radius 2 is 1.75 bits per heavy atom. The van der Waals surface area contributed by atoms with Crippen molar-refractivity contribution in [3.05, 3.63) is 34.9 Å². The van der Waals surface area contributed by atoms with Crippen LogP contribution >= 0.6 is 0 Å². The van der Waals surface area contributed by atoms with Crippen LogP contribution in [0.3, 0.4) is 0 Å². The van der Waals surface area contributed by atoms with Crippen molar-refractivity contribution < 1.29 is 5.73 Å². The molecule has 5 rings (SSSR count). The van der Waals surface area contributed by atoms with Crippen molar-refractivity contribution in [1.82, 2.24) is 0 Å². The third-order valence-electron chi connectivity index (χ3n) is 6.83. The lowest BCUT2D eigenvalue weighted by Crippen LogP contribution is -2.65. The standard InChI is InChI=1S/C19H27N/c1-13-3-4-17(5-14(13)2)19-9-15-6-16(10-19)8-18(7-15,11-19)12-20/h3-5,15-16H,6-12,20H2,1-2H3/p+1/t15-,16+,18?,19?. The zero-order chi connectivity index (χ0) is 14.0. The Kier molecular flexibility index (Phi) is 2.64. The molecule has 1 heteroatoms. The van der Waals surface area contributed by atoms with Crippen molar-refractivity contribution in [1.29, 1.82) is 0 Å². The maximum absolute atomic E-state index is 4.33. The second-order valence-corrected chi connectivity index (χ2v) is 8.29. The second kappa shape index (κ2) is 4.10. The zero-order valence-electron chi connectivity index (χ0n) is 13.0. The molecule has 4 aliphatic rings. The van der Waals surface area contributed by atoms with E-state index in [1.54, 1.807) is 5.56 Å². The van der Waals surface area contributed by atoms with Gasteiger partial charge < -0.3 is 5.73 Å². The van der Waals surface area contributed by atoms with Gasteiger partial charge in [0.1, 0.15) is 0 Å². The Labute approximate surface area is 122 Å². The zero-order valence-corrected chi connectivity index (χ0v) is 13.0. The van der Waals surface area contributed by atoms with Gasteiger partial charge in [0.15, 0.2) is 0 Å². The monoisotopic (exact) mass is 270 g/mol. The van der Waals surface area contributed by atoms with Gasteiger partial charge in [0.05, 0.1) is 6.54 Å². The van der Waals surface area contributed by atoms with Crippen LogP contribution in [0.1, 0.15) is 55.2 Å². The van der Waals surface area contributed by atoms with Crippen molar-refractivity contribution >= 4 is 0 Å². The molecule has 1 aromatic carbocycles. The molecule has 0 aromatic heterocycles. The van der Waals surface area contributed by atoms with Crippen LogP contribution in [0.2, 0.25) is 0 Å². The van der Waals surface area contributed by atoms with Gasteiger partial charge >= 0.3 is 0 Å². The third-order valence-corrected chi connectivity index (χ3v) is 6.83. The average molecular weight is 270 g/mol. The van der Waals surface area contributed by atoms with E-state index in [2.05, 4.69) is 37.8 Å². The minimum absolute atomic E-state index is 0.500. The van der Waals surface area contributed by atoms with E-state index in [0.29, 0.717) is 10.8 Å². The lowest BCUT2D eigenvalue weighted by atomic mass is 9.43. The molecular weight excluding hydrogens is 242 g/mol. The molecule has 0 heterocycles. The first-order valence-electron chi connectivity index (χ1n) is 8.41. The fraction of sp³-hybridized carbons (Fsp3) is 0.684.